The van der Waals surface area contributed by atoms with Crippen molar-refractivity contribution in [2.75, 3.05) is 32.7 Å². The zero-order valence-corrected chi connectivity index (χ0v) is 15.0. The summed E-state index contributed by atoms with van der Waals surface area (Å²) in [5, 5.41) is 0. The van der Waals surface area contributed by atoms with Gasteiger partial charge in [-0.25, -0.2) is 0 Å². The van der Waals surface area contributed by atoms with E-state index in [0.717, 1.165) is 45.6 Å². The number of nitrogens with one attached hydrogen (secondary N) is 1. The van der Waals surface area contributed by atoms with Gasteiger partial charge in [0.05, 0.1) is 19.6 Å². The Hall–Kier alpha value is -1.61. The normalized spacial score (nSPS) is 25.5. The number of carbonyl (C=O) groups excluding carboxylic acids is 1. The van der Waals surface area contributed by atoms with Crippen LogP contribution in [0.15, 0.2) is 35.9 Å². The van der Waals surface area contributed by atoms with E-state index in [9.17, 15) is 4.79 Å². The first kappa shape index (κ1) is 17.2. The average molecular weight is 327 g/mol. The summed E-state index contributed by atoms with van der Waals surface area (Å²) in [7, 11) is 0. The van der Waals surface area contributed by atoms with Crippen LogP contribution in [0.5, 0.6) is 0 Å². The Labute approximate surface area is 146 Å². The fourth-order valence-electron chi connectivity index (χ4n) is 4.10. The molecule has 3 rings (SSSR count). The molecular weight excluding hydrogens is 296 g/mol. The first-order valence-corrected chi connectivity index (χ1v) is 9.57. The SMILES string of the molecule is C/C(=C\c1ccccc1)C[NH+]1CCC(C(=O)N2CCCCC2)CC1. The lowest BCUT2D eigenvalue weighted by molar-refractivity contribution is -0.901. The van der Waals surface area contributed by atoms with Gasteiger partial charge in [0, 0.05) is 31.8 Å². The van der Waals surface area contributed by atoms with E-state index in [1.807, 2.05) is 0 Å². The summed E-state index contributed by atoms with van der Waals surface area (Å²) in [6.45, 7) is 7.56. The number of benzene rings is 1. The molecule has 2 aliphatic heterocycles. The average Bonchev–Trinajstić information content (AvgIpc) is 2.63. The van der Waals surface area contributed by atoms with Crippen LogP contribution in [0, 0.1) is 5.92 Å². The summed E-state index contributed by atoms with van der Waals surface area (Å²) in [5.41, 5.74) is 2.71. The molecule has 2 aliphatic rings. The molecule has 0 saturated carbocycles. The van der Waals surface area contributed by atoms with E-state index in [4.69, 9.17) is 0 Å². The number of likely N-dealkylation sites (tertiary alicyclic amines) is 2. The quantitative estimate of drug-likeness (QED) is 0.902. The topological polar surface area (TPSA) is 24.8 Å². The van der Waals surface area contributed by atoms with E-state index in [-0.39, 0.29) is 5.92 Å². The molecule has 1 aromatic rings. The van der Waals surface area contributed by atoms with Crippen molar-refractivity contribution in [2.45, 2.75) is 39.0 Å². The predicted molar refractivity (Wildman–Crippen MR) is 98.8 cm³/mol. The molecule has 3 heteroatoms. The van der Waals surface area contributed by atoms with Crippen LogP contribution in [0.1, 0.15) is 44.6 Å². The molecule has 24 heavy (non-hydrogen) atoms. The highest BCUT2D eigenvalue weighted by Gasteiger charge is 2.30. The molecule has 1 amide bonds. The minimum atomic E-state index is 0.283. The molecule has 1 aromatic carbocycles. The van der Waals surface area contributed by atoms with Crippen LogP contribution < -0.4 is 4.90 Å². The number of carbonyl (C=O) groups is 1. The van der Waals surface area contributed by atoms with Crippen molar-refractivity contribution >= 4 is 12.0 Å². The minimum absolute atomic E-state index is 0.283. The highest BCUT2D eigenvalue weighted by Crippen LogP contribution is 2.17. The second kappa shape index (κ2) is 8.48. The Kier molecular flexibility index (Phi) is 6.08. The standard InChI is InChI=1S/C21H30N2O/c1-18(16-19-8-4-2-5-9-19)17-22-14-10-20(11-15-22)21(24)23-12-6-3-7-13-23/h2,4-5,8-9,16,20H,3,6-7,10-15,17H2,1H3/p+1/b18-16+. The van der Waals surface area contributed by atoms with Crippen LogP contribution in [0.4, 0.5) is 0 Å². The zero-order chi connectivity index (χ0) is 16.8. The summed E-state index contributed by atoms with van der Waals surface area (Å²) >= 11 is 0. The molecule has 2 saturated heterocycles. The molecule has 0 bridgehead atoms. The molecule has 0 aliphatic carbocycles. The first-order valence-electron chi connectivity index (χ1n) is 9.57. The molecule has 2 fully saturated rings. The molecule has 1 N–H and O–H groups in total. The number of piperidine rings is 2. The van der Waals surface area contributed by atoms with Crippen molar-refractivity contribution in [1.82, 2.24) is 4.90 Å². The zero-order valence-electron chi connectivity index (χ0n) is 15.0. The monoisotopic (exact) mass is 327 g/mol. The van der Waals surface area contributed by atoms with E-state index in [1.165, 1.54) is 30.4 Å². The number of hydrogen-bond donors (Lipinski definition) is 1. The maximum atomic E-state index is 12.6. The number of nitrogens with zero attached hydrogens (tertiary/aromatic N) is 1. The van der Waals surface area contributed by atoms with E-state index in [2.05, 4.69) is 48.2 Å². The second-order valence-corrected chi connectivity index (χ2v) is 7.49. The molecule has 0 unspecified atom stereocenters. The minimum Gasteiger partial charge on any atom is -0.342 e. The maximum Gasteiger partial charge on any atom is 0.226 e. The van der Waals surface area contributed by atoms with Gasteiger partial charge in [0.1, 0.15) is 0 Å². The van der Waals surface area contributed by atoms with Crippen LogP contribution >= 0.6 is 0 Å². The molecule has 0 radical (unpaired) electrons. The first-order chi connectivity index (χ1) is 11.7. The van der Waals surface area contributed by atoms with Gasteiger partial charge in [-0.3, -0.25) is 4.79 Å². The lowest BCUT2D eigenvalue weighted by Gasteiger charge is -2.34. The highest BCUT2D eigenvalue weighted by atomic mass is 16.2. The smallest absolute Gasteiger partial charge is 0.226 e. The fraction of sp³-hybridized carbons (Fsp3) is 0.571. The third-order valence-corrected chi connectivity index (χ3v) is 5.45. The van der Waals surface area contributed by atoms with Crippen molar-refractivity contribution in [3.63, 3.8) is 0 Å². The lowest BCUT2D eigenvalue weighted by atomic mass is 9.94. The van der Waals surface area contributed by atoms with Gasteiger partial charge in [0.25, 0.3) is 0 Å². The predicted octanol–water partition coefficient (Wildman–Crippen LogP) is 2.40. The number of rotatable bonds is 4. The van der Waals surface area contributed by atoms with Crippen molar-refractivity contribution in [2.24, 2.45) is 5.92 Å². The van der Waals surface area contributed by atoms with Gasteiger partial charge in [-0.2, -0.15) is 0 Å². The summed E-state index contributed by atoms with van der Waals surface area (Å²) in [6, 6.07) is 10.5. The van der Waals surface area contributed by atoms with E-state index in [0.29, 0.717) is 5.91 Å². The molecular formula is C21H31N2O+. The molecule has 3 nitrogen and oxygen atoms in total. The second-order valence-electron chi connectivity index (χ2n) is 7.49. The maximum absolute atomic E-state index is 12.6. The van der Waals surface area contributed by atoms with Crippen molar-refractivity contribution < 1.29 is 9.69 Å². The Morgan fingerprint density at radius 2 is 1.79 bits per heavy atom. The van der Waals surface area contributed by atoms with Gasteiger partial charge in [-0.05, 0) is 37.3 Å². The molecule has 0 spiro atoms. The third kappa shape index (κ3) is 4.70. The van der Waals surface area contributed by atoms with Gasteiger partial charge in [-0.15, -0.1) is 0 Å². The molecule has 2 heterocycles. The van der Waals surface area contributed by atoms with Crippen molar-refractivity contribution in [1.29, 1.82) is 0 Å². The van der Waals surface area contributed by atoms with Crippen LogP contribution in [-0.4, -0.2) is 43.5 Å². The van der Waals surface area contributed by atoms with Crippen LogP contribution in [0.25, 0.3) is 6.08 Å². The van der Waals surface area contributed by atoms with Gasteiger partial charge in [0.2, 0.25) is 5.91 Å². The Bertz CT molecular complexity index is 552. The van der Waals surface area contributed by atoms with Crippen LogP contribution in [0.3, 0.4) is 0 Å². The van der Waals surface area contributed by atoms with Crippen LogP contribution in [0.2, 0.25) is 0 Å². The van der Waals surface area contributed by atoms with E-state index >= 15 is 0 Å². The van der Waals surface area contributed by atoms with Gasteiger partial charge in [-0.1, -0.05) is 36.4 Å². The molecule has 0 aromatic heterocycles. The number of amides is 1. The van der Waals surface area contributed by atoms with E-state index in [1.54, 1.807) is 4.90 Å². The summed E-state index contributed by atoms with van der Waals surface area (Å²) in [4.78, 5) is 16.4. The van der Waals surface area contributed by atoms with Crippen molar-refractivity contribution in [3.05, 3.63) is 41.5 Å². The number of quaternary nitrogens is 1. The van der Waals surface area contributed by atoms with Gasteiger partial charge >= 0.3 is 0 Å². The van der Waals surface area contributed by atoms with E-state index < -0.39 is 0 Å². The summed E-state index contributed by atoms with van der Waals surface area (Å²) in [6.07, 6.45) is 8.09. The largest absolute Gasteiger partial charge is 0.342 e. The Morgan fingerprint density at radius 3 is 2.46 bits per heavy atom. The Balaban J connectivity index is 1.46. The highest BCUT2D eigenvalue weighted by molar-refractivity contribution is 5.79. The Morgan fingerprint density at radius 1 is 1.12 bits per heavy atom. The van der Waals surface area contributed by atoms with Crippen LogP contribution in [-0.2, 0) is 4.79 Å². The molecule has 0 atom stereocenters. The van der Waals surface area contributed by atoms with Crippen molar-refractivity contribution in [3.8, 4) is 0 Å². The van der Waals surface area contributed by atoms with Gasteiger partial charge in [0.15, 0.2) is 0 Å². The van der Waals surface area contributed by atoms with Gasteiger partial charge < -0.3 is 9.80 Å². The lowest BCUT2D eigenvalue weighted by Crippen LogP contribution is -3.13. The third-order valence-electron chi connectivity index (χ3n) is 5.45. The fourth-order valence-corrected chi connectivity index (χ4v) is 4.10. The summed E-state index contributed by atoms with van der Waals surface area (Å²) in [5.74, 6) is 0.718. The summed E-state index contributed by atoms with van der Waals surface area (Å²) < 4.78 is 0. The number of hydrogen-bond acceptors (Lipinski definition) is 1. The molecule has 130 valence electrons.